The topological polar surface area (TPSA) is 84.9 Å². The lowest BCUT2D eigenvalue weighted by Crippen LogP contribution is -2.31. The Hall–Kier alpha value is -3.28. The summed E-state index contributed by atoms with van der Waals surface area (Å²) in [5, 5.41) is 12.3. The molecule has 1 atom stereocenters. The molecule has 0 saturated heterocycles. The van der Waals surface area contributed by atoms with Gasteiger partial charge >= 0.3 is 5.97 Å². The van der Waals surface area contributed by atoms with E-state index in [2.05, 4.69) is 5.32 Å². The van der Waals surface area contributed by atoms with Crippen LogP contribution in [0.5, 0.6) is 11.5 Å². The molecule has 2 rings (SSSR count). The van der Waals surface area contributed by atoms with Crippen LogP contribution in [0.4, 0.5) is 0 Å². The predicted molar refractivity (Wildman–Crippen MR) is 103 cm³/mol. The highest BCUT2D eigenvalue weighted by Gasteiger charge is 2.09. The molecule has 0 unspecified atom stereocenters. The van der Waals surface area contributed by atoms with Crippen LogP contribution in [0.3, 0.4) is 0 Å². The lowest BCUT2D eigenvalue weighted by Gasteiger charge is -2.12. The summed E-state index contributed by atoms with van der Waals surface area (Å²) in [6.45, 7) is 2.13. The average molecular weight is 369 g/mol. The molecule has 0 heterocycles. The molecule has 2 aromatic rings. The highest BCUT2D eigenvalue weighted by atomic mass is 16.5. The summed E-state index contributed by atoms with van der Waals surface area (Å²) < 4.78 is 9.92. The number of benzene rings is 2. The molecule has 0 aromatic heterocycles. The average Bonchev–Trinajstić information content (AvgIpc) is 2.70. The van der Waals surface area contributed by atoms with E-state index in [1.54, 1.807) is 12.1 Å². The summed E-state index contributed by atoms with van der Waals surface area (Å²) in [5.41, 5.74) is 1.78. The van der Waals surface area contributed by atoms with Gasteiger partial charge in [-0.1, -0.05) is 43.3 Å². The van der Waals surface area contributed by atoms with Crippen molar-refractivity contribution in [2.45, 2.75) is 12.8 Å². The minimum Gasteiger partial charge on any atom is -0.504 e. The molecule has 0 aliphatic heterocycles. The number of esters is 1. The SMILES string of the molecule is COc1cc(/C=C/C(=O)OCC(=O)NC[C@H](C)c2ccccc2)ccc1O. The number of phenols is 1. The van der Waals surface area contributed by atoms with E-state index < -0.39 is 5.97 Å². The number of phenolic OH excluding ortho intramolecular Hbond substituents is 1. The Morgan fingerprint density at radius 2 is 1.93 bits per heavy atom. The highest BCUT2D eigenvalue weighted by Crippen LogP contribution is 2.26. The Labute approximate surface area is 158 Å². The van der Waals surface area contributed by atoms with Crippen molar-refractivity contribution < 1.29 is 24.2 Å². The molecule has 0 bridgehead atoms. The van der Waals surface area contributed by atoms with Gasteiger partial charge in [0.25, 0.3) is 5.91 Å². The molecule has 0 saturated carbocycles. The van der Waals surface area contributed by atoms with Crippen molar-refractivity contribution in [1.82, 2.24) is 5.32 Å². The summed E-state index contributed by atoms with van der Waals surface area (Å²) in [6, 6.07) is 14.5. The molecule has 0 radical (unpaired) electrons. The molecule has 1 amide bonds. The minimum atomic E-state index is -0.631. The van der Waals surface area contributed by atoms with E-state index in [1.165, 1.54) is 25.3 Å². The van der Waals surface area contributed by atoms with E-state index in [-0.39, 0.29) is 24.2 Å². The van der Waals surface area contributed by atoms with Crippen LogP contribution in [0.2, 0.25) is 0 Å². The molecule has 6 heteroatoms. The molecule has 6 nitrogen and oxygen atoms in total. The smallest absolute Gasteiger partial charge is 0.331 e. The standard InChI is InChI=1S/C21H23NO5/c1-15(17-6-4-3-5-7-17)13-22-20(24)14-27-21(25)11-9-16-8-10-18(23)19(12-16)26-2/h3-12,15,23H,13-14H2,1-2H3,(H,22,24)/b11-9+/t15-/m0/s1. The molecule has 2 N–H and O–H groups in total. The number of hydrogen-bond acceptors (Lipinski definition) is 5. The lowest BCUT2D eigenvalue weighted by atomic mass is 10.0. The van der Waals surface area contributed by atoms with Gasteiger partial charge in [0, 0.05) is 12.6 Å². The second kappa shape index (κ2) is 10.0. The van der Waals surface area contributed by atoms with Crippen LogP contribution in [-0.2, 0) is 14.3 Å². The second-order valence-corrected chi connectivity index (χ2v) is 5.99. The molecular weight excluding hydrogens is 346 g/mol. The maximum absolute atomic E-state index is 11.8. The van der Waals surface area contributed by atoms with Crippen molar-refractivity contribution in [1.29, 1.82) is 0 Å². The summed E-state index contributed by atoms with van der Waals surface area (Å²) >= 11 is 0. The molecule has 0 aliphatic rings. The van der Waals surface area contributed by atoms with Crippen molar-refractivity contribution >= 4 is 18.0 Å². The molecule has 0 fully saturated rings. The van der Waals surface area contributed by atoms with Crippen molar-refractivity contribution in [3.63, 3.8) is 0 Å². The van der Waals surface area contributed by atoms with E-state index in [0.717, 1.165) is 5.56 Å². The zero-order valence-electron chi connectivity index (χ0n) is 15.3. The van der Waals surface area contributed by atoms with E-state index in [4.69, 9.17) is 9.47 Å². The Morgan fingerprint density at radius 1 is 1.19 bits per heavy atom. The van der Waals surface area contributed by atoms with E-state index in [1.807, 2.05) is 37.3 Å². The monoisotopic (exact) mass is 369 g/mol. The van der Waals surface area contributed by atoms with Gasteiger partial charge in [0.05, 0.1) is 7.11 Å². The number of hydrogen-bond donors (Lipinski definition) is 2. The molecule has 0 spiro atoms. The number of carbonyl (C=O) groups is 2. The van der Waals surface area contributed by atoms with E-state index >= 15 is 0 Å². The first-order chi connectivity index (χ1) is 13.0. The van der Waals surface area contributed by atoms with E-state index in [0.29, 0.717) is 17.9 Å². The third-order valence-corrected chi connectivity index (χ3v) is 3.94. The summed E-state index contributed by atoms with van der Waals surface area (Å²) in [6.07, 6.45) is 2.73. The summed E-state index contributed by atoms with van der Waals surface area (Å²) in [7, 11) is 1.44. The van der Waals surface area contributed by atoms with Crippen LogP contribution in [0.1, 0.15) is 24.0 Å². The quantitative estimate of drug-likeness (QED) is 0.552. The maximum atomic E-state index is 11.8. The Bertz CT molecular complexity index is 801. The number of nitrogens with one attached hydrogen (secondary N) is 1. The number of aromatic hydroxyl groups is 1. The molecule has 0 aliphatic carbocycles. The summed E-state index contributed by atoms with van der Waals surface area (Å²) in [4.78, 5) is 23.6. The van der Waals surface area contributed by atoms with Gasteiger partial charge in [0.1, 0.15) is 0 Å². The van der Waals surface area contributed by atoms with Gasteiger partial charge in [-0.25, -0.2) is 4.79 Å². The van der Waals surface area contributed by atoms with Crippen LogP contribution >= 0.6 is 0 Å². The normalized spacial score (nSPS) is 11.8. The maximum Gasteiger partial charge on any atom is 0.331 e. The fourth-order valence-electron chi connectivity index (χ4n) is 2.36. The Morgan fingerprint density at radius 3 is 2.63 bits per heavy atom. The zero-order valence-corrected chi connectivity index (χ0v) is 15.3. The molecule has 142 valence electrons. The van der Waals surface area contributed by atoms with Crippen LogP contribution in [0.15, 0.2) is 54.6 Å². The number of amides is 1. The predicted octanol–water partition coefficient (Wildman–Crippen LogP) is 2.88. The van der Waals surface area contributed by atoms with Crippen LogP contribution in [0, 0.1) is 0 Å². The number of rotatable bonds is 8. The van der Waals surface area contributed by atoms with Gasteiger partial charge in [0.2, 0.25) is 0 Å². The zero-order chi connectivity index (χ0) is 19.6. The fourth-order valence-corrected chi connectivity index (χ4v) is 2.36. The van der Waals surface area contributed by atoms with Crippen molar-refractivity contribution in [2.24, 2.45) is 0 Å². The molecular formula is C21H23NO5. The number of ether oxygens (including phenoxy) is 2. The van der Waals surface area contributed by atoms with Gasteiger partial charge in [-0.3, -0.25) is 4.79 Å². The van der Waals surface area contributed by atoms with Crippen molar-refractivity contribution in [3.05, 3.63) is 65.7 Å². The lowest BCUT2D eigenvalue weighted by molar-refractivity contribution is -0.143. The van der Waals surface area contributed by atoms with Crippen LogP contribution in [-0.4, -0.2) is 37.2 Å². The Kier molecular flexibility index (Phi) is 7.43. The van der Waals surface area contributed by atoms with Crippen LogP contribution < -0.4 is 10.1 Å². The van der Waals surface area contributed by atoms with Crippen LogP contribution in [0.25, 0.3) is 6.08 Å². The van der Waals surface area contributed by atoms with Gasteiger partial charge in [-0.15, -0.1) is 0 Å². The van der Waals surface area contributed by atoms with Gasteiger partial charge < -0.3 is 19.9 Å². The number of methoxy groups -OCH3 is 1. The van der Waals surface area contributed by atoms with Gasteiger partial charge in [-0.2, -0.15) is 0 Å². The van der Waals surface area contributed by atoms with Crippen molar-refractivity contribution in [3.8, 4) is 11.5 Å². The van der Waals surface area contributed by atoms with Crippen molar-refractivity contribution in [2.75, 3.05) is 20.3 Å². The minimum absolute atomic E-state index is 0.0126. The largest absolute Gasteiger partial charge is 0.504 e. The first-order valence-electron chi connectivity index (χ1n) is 8.53. The first-order valence-corrected chi connectivity index (χ1v) is 8.53. The first kappa shape index (κ1) is 20.0. The molecule has 2 aromatic carbocycles. The van der Waals surface area contributed by atoms with Gasteiger partial charge in [-0.05, 0) is 35.3 Å². The van der Waals surface area contributed by atoms with Gasteiger partial charge in [0.15, 0.2) is 18.1 Å². The van der Waals surface area contributed by atoms with E-state index in [9.17, 15) is 14.7 Å². The fraction of sp³-hybridized carbons (Fsp3) is 0.238. The number of carbonyl (C=O) groups excluding carboxylic acids is 2. The second-order valence-electron chi connectivity index (χ2n) is 5.99. The third kappa shape index (κ3) is 6.51. The Balaban J connectivity index is 1.75. The molecule has 27 heavy (non-hydrogen) atoms. The highest BCUT2D eigenvalue weighted by molar-refractivity contribution is 5.89. The third-order valence-electron chi connectivity index (χ3n) is 3.94. The summed E-state index contributed by atoms with van der Waals surface area (Å²) in [5.74, 6) is -0.509.